The van der Waals surface area contributed by atoms with E-state index in [0.29, 0.717) is 0 Å². The second-order valence-corrected chi connectivity index (χ2v) is 3.83. The molecule has 2 N–H and O–H groups in total. The molecular formula is C9H17NO3. The van der Waals surface area contributed by atoms with Crippen LogP contribution in [0.5, 0.6) is 0 Å². The molecule has 0 aliphatic heterocycles. The van der Waals surface area contributed by atoms with Crippen LogP contribution >= 0.6 is 0 Å². The Labute approximate surface area is 78.3 Å². The molecule has 0 spiro atoms. The van der Waals surface area contributed by atoms with Crippen LogP contribution in [0.25, 0.3) is 0 Å². The van der Waals surface area contributed by atoms with Gasteiger partial charge < -0.3 is 9.84 Å². The molecule has 1 rings (SSSR count). The van der Waals surface area contributed by atoms with E-state index in [0.717, 1.165) is 12.8 Å². The molecule has 0 atom stereocenters. The number of hydrogen-bond donors (Lipinski definition) is 2. The third-order valence-electron chi connectivity index (χ3n) is 2.13. The number of esters is 1. The second kappa shape index (κ2) is 4.07. The predicted octanol–water partition coefficient (Wildman–Crippen LogP) is 0.0525. The molecule has 0 radical (unpaired) electrons. The van der Waals surface area contributed by atoms with Gasteiger partial charge in [-0.05, 0) is 26.7 Å². The topological polar surface area (TPSA) is 58.6 Å². The van der Waals surface area contributed by atoms with Crippen LogP contribution < -0.4 is 5.32 Å². The van der Waals surface area contributed by atoms with Crippen molar-refractivity contribution in [3.05, 3.63) is 0 Å². The Morgan fingerprint density at radius 2 is 2.23 bits per heavy atom. The molecule has 1 aliphatic carbocycles. The second-order valence-electron chi connectivity index (χ2n) is 3.83. The van der Waals surface area contributed by atoms with Crippen molar-refractivity contribution in [1.82, 2.24) is 5.32 Å². The fourth-order valence-electron chi connectivity index (χ4n) is 1.11. The summed E-state index contributed by atoms with van der Waals surface area (Å²) in [5.41, 5.74) is -0.185. The molecule has 13 heavy (non-hydrogen) atoms. The van der Waals surface area contributed by atoms with Crippen molar-refractivity contribution >= 4 is 5.97 Å². The zero-order chi connectivity index (χ0) is 9.90. The SMILES string of the molecule is CC(C)OC(=O)CNC1(CO)CC1. The average molecular weight is 187 g/mol. The molecule has 0 heterocycles. The van der Waals surface area contributed by atoms with Crippen molar-refractivity contribution in [2.24, 2.45) is 0 Å². The minimum atomic E-state index is -0.255. The van der Waals surface area contributed by atoms with Gasteiger partial charge in [0.25, 0.3) is 0 Å². The minimum Gasteiger partial charge on any atom is -0.462 e. The molecule has 1 fully saturated rings. The number of aliphatic hydroxyl groups is 1. The molecule has 0 saturated heterocycles. The third-order valence-corrected chi connectivity index (χ3v) is 2.13. The van der Waals surface area contributed by atoms with Gasteiger partial charge in [-0.3, -0.25) is 10.1 Å². The Morgan fingerprint density at radius 3 is 2.62 bits per heavy atom. The number of rotatable bonds is 5. The average Bonchev–Trinajstić information content (AvgIpc) is 2.80. The molecule has 4 heteroatoms. The molecule has 0 aromatic carbocycles. The Bertz CT molecular complexity index is 187. The van der Waals surface area contributed by atoms with Crippen LogP contribution in [0.1, 0.15) is 26.7 Å². The zero-order valence-electron chi connectivity index (χ0n) is 8.17. The molecule has 0 aromatic heterocycles. The van der Waals surface area contributed by atoms with Crippen LogP contribution in [-0.4, -0.2) is 35.9 Å². The number of carbonyl (C=O) groups is 1. The Morgan fingerprint density at radius 1 is 1.62 bits per heavy atom. The van der Waals surface area contributed by atoms with Crippen molar-refractivity contribution in [3.8, 4) is 0 Å². The Balaban J connectivity index is 2.15. The molecular weight excluding hydrogens is 170 g/mol. The molecule has 4 nitrogen and oxygen atoms in total. The van der Waals surface area contributed by atoms with E-state index < -0.39 is 0 Å². The van der Waals surface area contributed by atoms with Gasteiger partial charge in [0, 0.05) is 5.54 Å². The van der Waals surface area contributed by atoms with E-state index >= 15 is 0 Å². The van der Waals surface area contributed by atoms with E-state index in [4.69, 9.17) is 9.84 Å². The lowest BCUT2D eigenvalue weighted by Gasteiger charge is -2.14. The standard InChI is InChI=1S/C9H17NO3/c1-7(2)13-8(12)5-10-9(6-11)3-4-9/h7,10-11H,3-6H2,1-2H3. The van der Waals surface area contributed by atoms with E-state index in [1.165, 1.54) is 0 Å². The Kier molecular flexibility index (Phi) is 3.27. The number of aliphatic hydroxyl groups excluding tert-OH is 1. The molecule has 0 bridgehead atoms. The van der Waals surface area contributed by atoms with Gasteiger partial charge in [0.2, 0.25) is 0 Å². The number of carbonyl (C=O) groups excluding carboxylic acids is 1. The summed E-state index contributed by atoms with van der Waals surface area (Å²) in [7, 11) is 0. The quantitative estimate of drug-likeness (QED) is 0.597. The van der Waals surface area contributed by atoms with E-state index in [-0.39, 0.29) is 30.8 Å². The van der Waals surface area contributed by atoms with Gasteiger partial charge in [-0.25, -0.2) is 0 Å². The van der Waals surface area contributed by atoms with E-state index in [9.17, 15) is 4.79 Å². The zero-order valence-corrected chi connectivity index (χ0v) is 8.17. The number of ether oxygens (including phenoxy) is 1. The van der Waals surface area contributed by atoms with Crippen molar-refractivity contribution in [2.45, 2.75) is 38.3 Å². The highest BCUT2D eigenvalue weighted by Crippen LogP contribution is 2.34. The highest BCUT2D eigenvalue weighted by Gasteiger charge is 2.41. The molecule has 0 unspecified atom stereocenters. The fraction of sp³-hybridized carbons (Fsp3) is 0.889. The highest BCUT2D eigenvalue weighted by molar-refractivity contribution is 5.72. The summed E-state index contributed by atoms with van der Waals surface area (Å²) in [6.07, 6.45) is 1.82. The highest BCUT2D eigenvalue weighted by atomic mass is 16.5. The van der Waals surface area contributed by atoms with Crippen molar-refractivity contribution in [3.63, 3.8) is 0 Å². The van der Waals surface area contributed by atoms with Gasteiger partial charge >= 0.3 is 5.97 Å². The van der Waals surface area contributed by atoms with E-state index in [1.54, 1.807) is 0 Å². The molecule has 0 aromatic rings. The van der Waals surface area contributed by atoms with Gasteiger partial charge in [0.15, 0.2) is 0 Å². The van der Waals surface area contributed by atoms with Gasteiger partial charge in [-0.15, -0.1) is 0 Å². The van der Waals surface area contributed by atoms with Crippen LogP contribution in [0.3, 0.4) is 0 Å². The van der Waals surface area contributed by atoms with Crippen LogP contribution in [0.2, 0.25) is 0 Å². The normalized spacial score (nSPS) is 18.8. The summed E-state index contributed by atoms with van der Waals surface area (Å²) in [5, 5.41) is 11.9. The summed E-state index contributed by atoms with van der Waals surface area (Å²) in [4.78, 5) is 11.1. The Hall–Kier alpha value is -0.610. The first-order valence-electron chi connectivity index (χ1n) is 4.63. The van der Waals surface area contributed by atoms with Gasteiger partial charge in [-0.1, -0.05) is 0 Å². The van der Waals surface area contributed by atoms with Crippen LogP contribution in [0.4, 0.5) is 0 Å². The maximum Gasteiger partial charge on any atom is 0.320 e. The first kappa shape index (κ1) is 10.5. The maximum absolute atomic E-state index is 11.1. The number of nitrogens with one attached hydrogen (secondary N) is 1. The van der Waals surface area contributed by atoms with E-state index in [2.05, 4.69) is 5.32 Å². The van der Waals surface area contributed by atoms with Crippen LogP contribution in [-0.2, 0) is 9.53 Å². The molecule has 1 saturated carbocycles. The van der Waals surface area contributed by atoms with Gasteiger partial charge in [-0.2, -0.15) is 0 Å². The smallest absolute Gasteiger partial charge is 0.320 e. The third kappa shape index (κ3) is 3.32. The summed E-state index contributed by atoms with van der Waals surface area (Å²) in [5.74, 6) is -0.255. The minimum absolute atomic E-state index is 0.0708. The summed E-state index contributed by atoms with van der Waals surface area (Å²) < 4.78 is 4.93. The first-order valence-corrected chi connectivity index (χ1v) is 4.63. The lowest BCUT2D eigenvalue weighted by molar-refractivity contribution is -0.146. The lowest BCUT2D eigenvalue weighted by Crippen LogP contribution is -2.39. The van der Waals surface area contributed by atoms with Crippen LogP contribution in [0, 0.1) is 0 Å². The molecule has 0 amide bonds. The van der Waals surface area contributed by atoms with Crippen LogP contribution in [0.15, 0.2) is 0 Å². The lowest BCUT2D eigenvalue weighted by atomic mass is 10.3. The van der Waals surface area contributed by atoms with Crippen molar-refractivity contribution in [1.29, 1.82) is 0 Å². The summed E-state index contributed by atoms with van der Waals surface area (Å²) in [6.45, 7) is 3.92. The summed E-state index contributed by atoms with van der Waals surface area (Å²) in [6, 6.07) is 0. The monoisotopic (exact) mass is 187 g/mol. The number of hydrogen-bond acceptors (Lipinski definition) is 4. The fourth-order valence-corrected chi connectivity index (χ4v) is 1.11. The molecule has 76 valence electrons. The maximum atomic E-state index is 11.1. The predicted molar refractivity (Wildman–Crippen MR) is 48.3 cm³/mol. The van der Waals surface area contributed by atoms with Crippen molar-refractivity contribution < 1.29 is 14.6 Å². The van der Waals surface area contributed by atoms with Crippen molar-refractivity contribution in [2.75, 3.05) is 13.2 Å². The van der Waals surface area contributed by atoms with Gasteiger partial charge in [0.05, 0.1) is 19.3 Å². The molecule has 1 aliphatic rings. The first-order chi connectivity index (χ1) is 6.08. The van der Waals surface area contributed by atoms with E-state index in [1.807, 2.05) is 13.8 Å². The summed E-state index contributed by atoms with van der Waals surface area (Å²) >= 11 is 0. The van der Waals surface area contributed by atoms with Gasteiger partial charge in [0.1, 0.15) is 0 Å². The largest absolute Gasteiger partial charge is 0.462 e.